The lowest BCUT2D eigenvalue weighted by Crippen LogP contribution is -2.04. The topological polar surface area (TPSA) is 0 Å². The van der Waals surface area contributed by atoms with E-state index in [4.69, 9.17) is 0 Å². The maximum Gasteiger partial charge on any atom is -0.0274 e. The van der Waals surface area contributed by atoms with E-state index in [-0.39, 0.29) is 0 Å². The van der Waals surface area contributed by atoms with Gasteiger partial charge in [0.15, 0.2) is 0 Å². The van der Waals surface area contributed by atoms with Gasteiger partial charge in [0.1, 0.15) is 0 Å². The Hall–Kier alpha value is -0.260. The predicted octanol–water partition coefficient (Wildman–Crippen LogP) is 3.78. The highest BCUT2D eigenvalue weighted by atomic mass is 14.1. The van der Waals surface area contributed by atoms with Crippen LogP contribution in [-0.4, -0.2) is 0 Å². The Morgan fingerprint density at radius 2 is 1.80 bits per heavy atom. The fourth-order valence-electron chi connectivity index (χ4n) is 1.26. The molecule has 0 aromatic carbocycles. The molecule has 0 aromatic rings. The Morgan fingerprint density at radius 1 is 1.30 bits per heavy atom. The third-order valence-corrected chi connectivity index (χ3v) is 1.36. The molecule has 0 saturated carbocycles. The van der Waals surface area contributed by atoms with Crippen molar-refractivity contribution in [2.24, 2.45) is 5.41 Å². The first-order valence-electron chi connectivity index (χ1n) is 4.11. The molecule has 0 aromatic heterocycles. The molecule has 0 heteroatoms. The van der Waals surface area contributed by atoms with Crippen LogP contribution in [-0.2, 0) is 0 Å². The number of rotatable bonds is 2. The molecule has 0 bridgehead atoms. The first-order valence-corrected chi connectivity index (χ1v) is 4.11. The minimum absolute atomic E-state index is 0.454. The predicted molar refractivity (Wildman–Crippen MR) is 48.1 cm³/mol. The van der Waals surface area contributed by atoms with Crippen LogP contribution >= 0.6 is 0 Å². The Labute approximate surface area is 65.3 Å². The van der Waals surface area contributed by atoms with E-state index in [0.717, 1.165) is 0 Å². The molecule has 0 spiro atoms. The third-order valence-electron chi connectivity index (χ3n) is 1.36. The molecule has 60 valence electrons. The van der Waals surface area contributed by atoms with E-state index >= 15 is 0 Å². The van der Waals surface area contributed by atoms with Crippen molar-refractivity contribution < 1.29 is 0 Å². The van der Waals surface area contributed by atoms with Gasteiger partial charge in [0.25, 0.3) is 0 Å². The summed E-state index contributed by atoms with van der Waals surface area (Å²) in [5.41, 5.74) is 1.98. The van der Waals surface area contributed by atoms with Gasteiger partial charge in [0.05, 0.1) is 0 Å². The Balaban J connectivity index is 3.79. The first-order chi connectivity index (χ1) is 4.45. The molecule has 0 rings (SSSR count). The summed E-state index contributed by atoms with van der Waals surface area (Å²) in [6.45, 7) is 11.2. The minimum atomic E-state index is 0.454. The maximum atomic E-state index is 2.31. The molecule has 0 saturated heterocycles. The molecular formula is C10H20. The monoisotopic (exact) mass is 140 g/mol. The van der Waals surface area contributed by atoms with Crippen LogP contribution in [0.15, 0.2) is 11.6 Å². The molecule has 10 heavy (non-hydrogen) atoms. The van der Waals surface area contributed by atoms with Crippen LogP contribution in [0.2, 0.25) is 0 Å². The van der Waals surface area contributed by atoms with Gasteiger partial charge in [-0.1, -0.05) is 39.3 Å². The molecule has 0 nitrogen and oxygen atoms in total. The van der Waals surface area contributed by atoms with Gasteiger partial charge in [-0.25, -0.2) is 0 Å². The lowest BCUT2D eigenvalue weighted by Gasteiger charge is -2.18. The molecule has 0 unspecified atom stereocenters. The molecule has 0 aliphatic rings. The Kier molecular flexibility index (Phi) is 3.70. The van der Waals surface area contributed by atoms with Crippen molar-refractivity contribution >= 4 is 0 Å². The standard InChI is InChI=1S/C10H20/c1-6-7-9(2)8-10(3,4)5/h7H,6,8H2,1-5H3. The van der Waals surface area contributed by atoms with Gasteiger partial charge in [-0.05, 0) is 25.2 Å². The summed E-state index contributed by atoms with van der Waals surface area (Å²) >= 11 is 0. The fraction of sp³-hybridized carbons (Fsp3) is 0.800. The lowest BCUT2D eigenvalue weighted by molar-refractivity contribution is 0.409. The first kappa shape index (κ1) is 9.74. The van der Waals surface area contributed by atoms with Crippen LogP contribution in [0.1, 0.15) is 47.5 Å². The summed E-state index contributed by atoms with van der Waals surface area (Å²) in [6, 6.07) is 0. The lowest BCUT2D eigenvalue weighted by atomic mass is 9.88. The van der Waals surface area contributed by atoms with Crippen molar-refractivity contribution in [3.05, 3.63) is 11.6 Å². The van der Waals surface area contributed by atoms with Gasteiger partial charge >= 0.3 is 0 Å². The van der Waals surface area contributed by atoms with E-state index in [1.54, 1.807) is 0 Å². The van der Waals surface area contributed by atoms with Crippen LogP contribution in [0.4, 0.5) is 0 Å². The molecule has 0 heterocycles. The zero-order valence-electron chi connectivity index (χ0n) is 7.99. The Bertz CT molecular complexity index is 112. The van der Waals surface area contributed by atoms with Gasteiger partial charge in [-0.3, -0.25) is 0 Å². The van der Waals surface area contributed by atoms with E-state index < -0.39 is 0 Å². The SMILES string of the molecule is CCC=C(C)CC(C)(C)C. The van der Waals surface area contributed by atoms with Crippen LogP contribution in [0.3, 0.4) is 0 Å². The average Bonchev–Trinajstić information content (AvgIpc) is 1.59. The normalized spacial score (nSPS) is 13.9. The van der Waals surface area contributed by atoms with E-state index in [2.05, 4.69) is 40.7 Å². The summed E-state index contributed by atoms with van der Waals surface area (Å²) in [7, 11) is 0. The summed E-state index contributed by atoms with van der Waals surface area (Å²) < 4.78 is 0. The van der Waals surface area contributed by atoms with E-state index in [0.29, 0.717) is 5.41 Å². The quantitative estimate of drug-likeness (QED) is 0.512. The van der Waals surface area contributed by atoms with Gasteiger partial charge in [-0.15, -0.1) is 0 Å². The zero-order chi connectivity index (χ0) is 8.20. The fourth-order valence-corrected chi connectivity index (χ4v) is 1.26. The van der Waals surface area contributed by atoms with E-state index in [9.17, 15) is 0 Å². The van der Waals surface area contributed by atoms with Crippen molar-refractivity contribution in [3.8, 4) is 0 Å². The van der Waals surface area contributed by atoms with Gasteiger partial charge in [-0.2, -0.15) is 0 Å². The molecule has 0 amide bonds. The minimum Gasteiger partial charge on any atom is -0.0859 e. The zero-order valence-corrected chi connectivity index (χ0v) is 7.99. The summed E-state index contributed by atoms with van der Waals surface area (Å²) in [5.74, 6) is 0. The van der Waals surface area contributed by atoms with Crippen molar-refractivity contribution in [1.29, 1.82) is 0 Å². The van der Waals surface area contributed by atoms with Crippen molar-refractivity contribution in [3.63, 3.8) is 0 Å². The number of allylic oxidation sites excluding steroid dienone is 2. The van der Waals surface area contributed by atoms with Crippen LogP contribution in [0.5, 0.6) is 0 Å². The summed E-state index contributed by atoms with van der Waals surface area (Å²) in [5, 5.41) is 0. The summed E-state index contributed by atoms with van der Waals surface area (Å²) in [4.78, 5) is 0. The summed E-state index contributed by atoms with van der Waals surface area (Å²) in [6.07, 6.45) is 4.70. The highest BCUT2D eigenvalue weighted by Crippen LogP contribution is 2.23. The van der Waals surface area contributed by atoms with Gasteiger partial charge in [0, 0.05) is 0 Å². The van der Waals surface area contributed by atoms with Crippen LogP contribution < -0.4 is 0 Å². The number of hydrogen-bond acceptors (Lipinski definition) is 0. The smallest absolute Gasteiger partial charge is 0.0274 e. The second-order valence-electron chi connectivity index (χ2n) is 4.20. The molecule has 0 aliphatic heterocycles. The molecule has 0 atom stereocenters. The van der Waals surface area contributed by atoms with Crippen LogP contribution in [0, 0.1) is 5.41 Å². The third kappa shape index (κ3) is 5.87. The molecule has 0 radical (unpaired) electrons. The second kappa shape index (κ2) is 3.80. The van der Waals surface area contributed by atoms with E-state index in [1.165, 1.54) is 18.4 Å². The molecular weight excluding hydrogens is 120 g/mol. The number of hydrogen-bond donors (Lipinski definition) is 0. The highest BCUT2D eigenvalue weighted by Gasteiger charge is 2.09. The van der Waals surface area contributed by atoms with E-state index in [1.807, 2.05) is 0 Å². The highest BCUT2D eigenvalue weighted by molar-refractivity contribution is 4.99. The van der Waals surface area contributed by atoms with Crippen molar-refractivity contribution in [2.45, 2.75) is 47.5 Å². The molecule has 0 fully saturated rings. The second-order valence-corrected chi connectivity index (χ2v) is 4.20. The van der Waals surface area contributed by atoms with Gasteiger partial charge < -0.3 is 0 Å². The Morgan fingerprint density at radius 3 is 2.10 bits per heavy atom. The van der Waals surface area contributed by atoms with Crippen molar-refractivity contribution in [1.82, 2.24) is 0 Å². The van der Waals surface area contributed by atoms with Gasteiger partial charge in [0.2, 0.25) is 0 Å². The van der Waals surface area contributed by atoms with Crippen molar-refractivity contribution in [2.75, 3.05) is 0 Å². The largest absolute Gasteiger partial charge is 0.0859 e. The molecule has 0 N–H and O–H groups in total. The maximum absolute atomic E-state index is 2.31. The molecule has 0 aliphatic carbocycles. The van der Waals surface area contributed by atoms with Crippen LogP contribution in [0.25, 0.3) is 0 Å². The average molecular weight is 140 g/mol.